The molecule has 132 valence electrons. The summed E-state index contributed by atoms with van der Waals surface area (Å²) in [6, 6.07) is 6.26. The van der Waals surface area contributed by atoms with Crippen molar-refractivity contribution in [2.24, 2.45) is 0 Å². The highest BCUT2D eigenvalue weighted by molar-refractivity contribution is 5.86. The van der Waals surface area contributed by atoms with Crippen LogP contribution in [0.5, 0.6) is 0 Å². The van der Waals surface area contributed by atoms with Gasteiger partial charge in [0.2, 0.25) is 0 Å². The van der Waals surface area contributed by atoms with E-state index in [2.05, 4.69) is 31.8 Å². The number of nitrogens with zero attached hydrogens (tertiary/aromatic N) is 4. The number of hydrogen-bond acceptors (Lipinski definition) is 5. The van der Waals surface area contributed by atoms with Gasteiger partial charge in [0.15, 0.2) is 5.82 Å². The molecule has 3 rings (SSSR count). The fourth-order valence-corrected chi connectivity index (χ4v) is 3.13. The third-order valence-electron chi connectivity index (χ3n) is 4.28. The van der Waals surface area contributed by atoms with E-state index in [0.717, 1.165) is 42.1 Å². The molecule has 6 heteroatoms. The molecule has 3 heterocycles. The van der Waals surface area contributed by atoms with Crippen molar-refractivity contribution in [2.75, 3.05) is 11.9 Å². The number of nitrogens with one attached hydrogen (secondary N) is 1. The van der Waals surface area contributed by atoms with Crippen LogP contribution in [0.1, 0.15) is 37.6 Å². The molecule has 0 radical (unpaired) electrons. The molecule has 0 unspecified atom stereocenters. The molecule has 0 aliphatic rings. The van der Waals surface area contributed by atoms with Crippen molar-refractivity contribution in [1.82, 2.24) is 19.5 Å². The van der Waals surface area contributed by atoms with E-state index >= 15 is 0 Å². The fourth-order valence-electron chi connectivity index (χ4n) is 3.13. The number of aliphatic hydroxyl groups excluding tert-OH is 1. The molecule has 0 aliphatic heterocycles. The highest BCUT2D eigenvalue weighted by atomic mass is 16.3. The predicted molar refractivity (Wildman–Crippen MR) is 99.6 cm³/mol. The Balaban J connectivity index is 1.97. The normalized spacial score (nSPS) is 12.4. The van der Waals surface area contributed by atoms with Crippen LogP contribution >= 0.6 is 0 Å². The molecular formula is C19H25N5O. The summed E-state index contributed by atoms with van der Waals surface area (Å²) >= 11 is 0. The Hall–Kier alpha value is -2.47. The summed E-state index contributed by atoms with van der Waals surface area (Å²) in [5.74, 6) is 1.59. The molecule has 3 aromatic rings. The molecule has 0 aliphatic carbocycles. The molecule has 6 nitrogen and oxygen atoms in total. The van der Waals surface area contributed by atoms with Gasteiger partial charge in [-0.05, 0) is 43.5 Å². The summed E-state index contributed by atoms with van der Waals surface area (Å²) in [6.45, 7) is 4.97. The molecular weight excluding hydrogens is 314 g/mol. The lowest BCUT2D eigenvalue weighted by Gasteiger charge is -2.19. The van der Waals surface area contributed by atoms with Crippen molar-refractivity contribution in [3.63, 3.8) is 0 Å². The van der Waals surface area contributed by atoms with Gasteiger partial charge >= 0.3 is 0 Å². The lowest BCUT2D eigenvalue weighted by Crippen LogP contribution is -2.22. The Morgan fingerprint density at radius 2 is 1.96 bits per heavy atom. The summed E-state index contributed by atoms with van der Waals surface area (Å²) in [5.41, 5.74) is 3.12. The van der Waals surface area contributed by atoms with Crippen molar-refractivity contribution in [3.05, 3.63) is 48.2 Å². The molecule has 3 aromatic heterocycles. The van der Waals surface area contributed by atoms with Crippen molar-refractivity contribution in [3.8, 4) is 0 Å². The lowest BCUT2D eigenvalue weighted by molar-refractivity contribution is 0.276. The number of anilines is 1. The van der Waals surface area contributed by atoms with E-state index in [1.807, 2.05) is 31.3 Å². The van der Waals surface area contributed by atoms with E-state index < -0.39 is 0 Å². The summed E-state index contributed by atoms with van der Waals surface area (Å²) in [5, 5.41) is 12.9. The van der Waals surface area contributed by atoms with E-state index in [4.69, 9.17) is 0 Å². The first-order valence-corrected chi connectivity index (χ1v) is 8.81. The van der Waals surface area contributed by atoms with E-state index in [-0.39, 0.29) is 12.6 Å². The first-order valence-electron chi connectivity index (χ1n) is 8.81. The van der Waals surface area contributed by atoms with Gasteiger partial charge in [-0.25, -0.2) is 9.97 Å². The monoisotopic (exact) mass is 339 g/mol. The molecule has 0 amide bonds. The molecule has 25 heavy (non-hydrogen) atoms. The number of hydrogen-bond donors (Lipinski definition) is 2. The molecule has 0 bridgehead atoms. The van der Waals surface area contributed by atoms with Gasteiger partial charge in [0.1, 0.15) is 11.3 Å². The molecule has 0 spiro atoms. The number of pyridine rings is 1. The maximum absolute atomic E-state index is 9.33. The molecule has 0 fully saturated rings. The van der Waals surface area contributed by atoms with Crippen molar-refractivity contribution >= 4 is 16.9 Å². The van der Waals surface area contributed by atoms with Gasteiger partial charge in [0, 0.05) is 37.8 Å². The van der Waals surface area contributed by atoms with Crippen LogP contribution in [0.15, 0.2) is 36.8 Å². The van der Waals surface area contributed by atoms with E-state index in [1.165, 1.54) is 5.56 Å². The molecule has 0 aromatic carbocycles. The maximum atomic E-state index is 9.33. The topological polar surface area (TPSA) is 75.9 Å². The zero-order valence-electron chi connectivity index (χ0n) is 14.8. The second-order valence-electron chi connectivity index (χ2n) is 6.29. The predicted octanol–water partition coefficient (Wildman–Crippen LogP) is 3.15. The largest absolute Gasteiger partial charge is 0.396 e. The Bertz CT molecular complexity index is 809. The second kappa shape index (κ2) is 8.07. The lowest BCUT2D eigenvalue weighted by atomic mass is 10.1. The van der Waals surface area contributed by atoms with Crippen LogP contribution in [-0.4, -0.2) is 37.3 Å². The van der Waals surface area contributed by atoms with Gasteiger partial charge in [-0.2, -0.15) is 0 Å². The summed E-state index contributed by atoms with van der Waals surface area (Å²) in [4.78, 5) is 13.3. The fraction of sp³-hybridized carbons (Fsp3) is 0.421. The number of aryl methyl sites for hydroxylation is 1. The molecule has 0 saturated heterocycles. The maximum Gasteiger partial charge on any atom is 0.154 e. The molecule has 1 atom stereocenters. The van der Waals surface area contributed by atoms with Gasteiger partial charge in [-0.3, -0.25) is 4.98 Å². The number of rotatable bonds is 8. The minimum Gasteiger partial charge on any atom is -0.396 e. The summed E-state index contributed by atoms with van der Waals surface area (Å²) in [7, 11) is 0. The summed E-state index contributed by atoms with van der Waals surface area (Å²) in [6.07, 6.45) is 8.42. The Kier molecular flexibility index (Phi) is 5.60. The Labute approximate surface area is 148 Å². The third-order valence-corrected chi connectivity index (χ3v) is 4.28. The van der Waals surface area contributed by atoms with Crippen molar-refractivity contribution in [2.45, 2.75) is 45.7 Å². The van der Waals surface area contributed by atoms with Crippen molar-refractivity contribution in [1.29, 1.82) is 0 Å². The first kappa shape index (κ1) is 17.4. The third kappa shape index (κ3) is 4.14. The SMILES string of the molecule is CCC[C@@H](CCO)Nc1nc(C)nc2ccn(Cc3ccncc3)c12. The van der Waals surface area contributed by atoms with Crippen LogP contribution in [0.2, 0.25) is 0 Å². The van der Waals surface area contributed by atoms with Crippen LogP contribution in [0.4, 0.5) is 5.82 Å². The second-order valence-corrected chi connectivity index (χ2v) is 6.29. The quantitative estimate of drug-likeness (QED) is 0.659. The average molecular weight is 339 g/mol. The van der Waals surface area contributed by atoms with Crippen LogP contribution < -0.4 is 5.32 Å². The minimum absolute atomic E-state index is 0.170. The van der Waals surface area contributed by atoms with Gasteiger partial charge < -0.3 is 15.0 Å². The summed E-state index contributed by atoms with van der Waals surface area (Å²) < 4.78 is 2.16. The standard InChI is InChI=1S/C19H25N5O/c1-3-4-16(8-12-25)23-19-18-17(21-14(2)22-19)7-11-24(18)13-15-5-9-20-10-6-15/h5-7,9-11,16,25H,3-4,8,12-13H2,1-2H3,(H,21,22,23)/t16-/m0/s1. The Morgan fingerprint density at radius 3 is 2.68 bits per heavy atom. The highest BCUT2D eigenvalue weighted by Gasteiger charge is 2.15. The van der Waals surface area contributed by atoms with Crippen molar-refractivity contribution < 1.29 is 5.11 Å². The van der Waals surface area contributed by atoms with Gasteiger partial charge in [0.05, 0.1) is 5.52 Å². The molecule has 2 N–H and O–H groups in total. The number of fused-ring (bicyclic) bond motifs is 1. The van der Waals surface area contributed by atoms with Crippen LogP contribution in [-0.2, 0) is 6.54 Å². The van der Waals surface area contributed by atoms with Gasteiger partial charge in [-0.15, -0.1) is 0 Å². The minimum atomic E-state index is 0.170. The zero-order chi connectivity index (χ0) is 17.6. The van der Waals surface area contributed by atoms with E-state index in [0.29, 0.717) is 6.42 Å². The first-order chi connectivity index (χ1) is 12.2. The Morgan fingerprint density at radius 1 is 1.16 bits per heavy atom. The van der Waals surface area contributed by atoms with Crippen LogP contribution in [0.3, 0.4) is 0 Å². The number of aliphatic hydroxyl groups is 1. The van der Waals surface area contributed by atoms with E-state index in [1.54, 1.807) is 12.4 Å². The van der Waals surface area contributed by atoms with Crippen LogP contribution in [0, 0.1) is 6.92 Å². The van der Waals surface area contributed by atoms with Crippen LogP contribution in [0.25, 0.3) is 11.0 Å². The highest BCUT2D eigenvalue weighted by Crippen LogP contribution is 2.24. The van der Waals surface area contributed by atoms with E-state index in [9.17, 15) is 5.11 Å². The average Bonchev–Trinajstić information content (AvgIpc) is 2.99. The smallest absolute Gasteiger partial charge is 0.154 e. The zero-order valence-corrected chi connectivity index (χ0v) is 14.8. The number of aromatic nitrogens is 4. The van der Waals surface area contributed by atoms with Gasteiger partial charge in [-0.1, -0.05) is 13.3 Å². The molecule has 0 saturated carbocycles. The van der Waals surface area contributed by atoms with Gasteiger partial charge in [0.25, 0.3) is 0 Å².